The number of anilines is 2. The van der Waals surface area contributed by atoms with E-state index in [1.54, 1.807) is 48.8 Å². The smallest absolute Gasteiger partial charge is 0.337 e. The molecule has 4 rings (SSSR count). The molecule has 0 fully saturated rings. The molecule has 1 aliphatic heterocycles. The quantitative estimate of drug-likeness (QED) is 0.129. The normalized spacial score (nSPS) is 13.9. The number of halogens is 2. The Hall–Kier alpha value is -3.81. The number of urea groups is 1. The van der Waals surface area contributed by atoms with Crippen molar-refractivity contribution in [3.8, 4) is 11.5 Å². The second-order valence-electron chi connectivity index (χ2n) is 7.37. The van der Waals surface area contributed by atoms with E-state index in [1.165, 1.54) is 23.4 Å². The third kappa shape index (κ3) is 5.48. The lowest BCUT2D eigenvalue weighted by Crippen LogP contribution is -2.32. The Balaban J connectivity index is 1.69. The minimum absolute atomic E-state index is 0.0473. The number of methoxy groups -OCH3 is 2. The van der Waals surface area contributed by atoms with E-state index < -0.39 is 32.9 Å². The van der Waals surface area contributed by atoms with Gasteiger partial charge in [-0.15, -0.1) is 0 Å². The largest absolute Gasteiger partial charge is 0.497 e. The van der Waals surface area contributed by atoms with Gasteiger partial charge in [0, 0.05) is 62.7 Å². The number of nitrogens with one attached hydrogen (secondary N) is 3. The van der Waals surface area contributed by atoms with Crippen LogP contribution in [-0.4, -0.2) is 39.7 Å². The summed E-state index contributed by atoms with van der Waals surface area (Å²) in [5.74, 6) is 0.233. The molecule has 0 radical (unpaired) electrons. The molecule has 10 nitrogen and oxygen atoms in total. The minimum atomic E-state index is -0.963. The number of ether oxygens (including phenoxy) is 2. The Labute approximate surface area is 211 Å². The molecule has 5 N–H and O–H groups in total. The Morgan fingerprint density at radius 2 is 1.94 bits per heavy atom. The van der Waals surface area contributed by atoms with Gasteiger partial charge in [0.1, 0.15) is 11.6 Å². The van der Waals surface area contributed by atoms with Crippen molar-refractivity contribution in [1.82, 2.24) is 15.3 Å². The maximum atomic E-state index is 15.4. The summed E-state index contributed by atoms with van der Waals surface area (Å²) in [4.78, 5) is 20.9. The molecule has 0 bridgehead atoms. The van der Waals surface area contributed by atoms with Crippen LogP contribution in [0.1, 0.15) is 23.6 Å². The zero-order valence-electron chi connectivity index (χ0n) is 18.9. The van der Waals surface area contributed by atoms with E-state index in [2.05, 4.69) is 20.6 Å². The average molecular weight is 591 g/mol. The number of amides is 2. The first kappa shape index (κ1) is 24.3. The molecule has 1 atom stereocenters. The summed E-state index contributed by atoms with van der Waals surface area (Å²) in [5, 5.41) is 13.8. The van der Waals surface area contributed by atoms with Gasteiger partial charge in [0.05, 0.1) is 23.9 Å². The number of nitrogen functional groups attached to an aromatic ring is 1. The van der Waals surface area contributed by atoms with E-state index in [0.717, 1.165) is 3.63 Å². The summed E-state index contributed by atoms with van der Waals surface area (Å²) in [6.07, 6.45) is 3.46. The van der Waals surface area contributed by atoms with Crippen LogP contribution in [-0.2, 0) is 0 Å². The first-order chi connectivity index (χ1) is 16.9. The topological polar surface area (TPSA) is 138 Å². The van der Waals surface area contributed by atoms with Gasteiger partial charge in [0.25, 0.3) is 0 Å². The zero-order valence-corrected chi connectivity index (χ0v) is 21.0. The number of benzene rings is 2. The standard InChI is InChI=1S/C23H23FIN7O3/c1-34-15-10-16(20(24)18(11-15)35-2)17(30-14-6-4-13(5-7-14)21(26)27)12-19-25-32(23(33)31-19)22-28-8-3-9-29-22/h3-11,17,30H,12H2,1-2H3,(H3,26,27)(H,31,33). The molecule has 2 aromatic carbocycles. The second kappa shape index (κ2) is 10.6. The molecule has 1 unspecified atom stereocenters. The molecule has 12 heteroatoms. The zero-order chi connectivity index (χ0) is 24.9. The van der Waals surface area contributed by atoms with Gasteiger partial charge in [-0.1, -0.05) is 0 Å². The number of rotatable bonds is 9. The summed E-state index contributed by atoms with van der Waals surface area (Å²) in [6.45, 7) is 0. The first-order valence-electron chi connectivity index (χ1n) is 10.4. The molecule has 2 heterocycles. The average Bonchev–Trinajstić information content (AvgIpc) is 3.24. The lowest BCUT2D eigenvalue weighted by molar-refractivity contribution is 0.254. The summed E-state index contributed by atoms with van der Waals surface area (Å²) in [6, 6.07) is 10.8. The van der Waals surface area contributed by atoms with E-state index in [0.29, 0.717) is 34.9 Å². The maximum absolute atomic E-state index is 15.4. The third-order valence-corrected chi connectivity index (χ3v) is 7.77. The van der Waals surface area contributed by atoms with Crippen molar-refractivity contribution in [3.63, 3.8) is 0 Å². The molecule has 0 saturated carbocycles. The highest BCUT2D eigenvalue weighted by molar-refractivity contribution is 14.2. The lowest BCUT2D eigenvalue weighted by Gasteiger charge is -2.23. The van der Waals surface area contributed by atoms with Crippen molar-refractivity contribution in [2.45, 2.75) is 12.5 Å². The highest BCUT2D eigenvalue weighted by atomic mass is 127. The maximum Gasteiger partial charge on any atom is 0.337 e. The number of carbonyl (C=O) groups excluding carboxylic acids is 1. The molecule has 1 aromatic heterocycles. The summed E-state index contributed by atoms with van der Waals surface area (Å²) >= 11 is -0.963. The van der Waals surface area contributed by atoms with Crippen LogP contribution in [0.2, 0.25) is 0 Å². The van der Waals surface area contributed by atoms with Crippen LogP contribution < -0.4 is 29.0 Å². The SMILES string of the molecule is COc1cc(OC)c(F)c(C(CC2=IN(c3ncccn3)C(=O)N2)Nc2ccc(C(=N)N)cc2)c1. The van der Waals surface area contributed by atoms with Gasteiger partial charge in [-0.3, -0.25) is 5.41 Å². The molecular formula is C23H23FIN7O3. The first-order valence-corrected chi connectivity index (χ1v) is 12.5. The number of hydrogen-bond donors (Lipinski definition) is 4. The van der Waals surface area contributed by atoms with Gasteiger partial charge in [0.15, 0.2) is 11.6 Å². The Kier molecular flexibility index (Phi) is 7.39. The molecule has 35 heavy (non-hydrogen) atoms. The minimum Gasteiger partial charge on any atom is -0.497 e. The van der Waals surface area contributed by atoms with Gasteiger partial charge in [0.2, 0.25) is 5.95 Å². The van der Waals surface area contributed by atoms with Crippen LogP contribution in [0.3, 0.4) is 0 Å². The number of nitrogens with two attached hydrogens (primary N) is 1. The van der Waals surface area contributed by atoms with E-state index >= 15 is 4.39 Å². The van der Waals surface area contributed by atoms with E-state index in [4.69, 9.17) is 20.6 Å². The van der Waals surface area contributed by atoms with Gasteiger partial charge in [-0.05, 0) is 36.4 Å². The Morgan fingerprint density at radius 3 is 2.57 bits per heavy atom. The lowest BCUT2D eigenvalue weighted by atomic mass is 10.0. The van der Waals surface area contributed by atoms with E-state index in [1.807, 2.05) is 0 Å². The molecule has 0 aliphatic carbocycles. The van der Waals surface area contributed by atoms with Crippen molar-refractivity contribution in [3.05, 3.63) is 71.8 Å². The van der Waals surface area contributed by atoms with Crippen molar-refractivity contribution in [2.24, 2.45) is 5.73 Å². The summed E-state index contributed by atoms with van der Waals surface area (Å²) < 4.78 is 28.3. The number of amidine groups is 1. The van der Waals surface area contributed by atoms with E-state index in [9.17, 15) is 4.79 Å². The van der Waals surface area contributed by atoms with E-state index in [-0.39, 0.29) is 17.6 Å². The summed E-state index contributed by atoms with van der Waals surface area (Å²) in [7, 11) is 2.88. The molecular weight excluding hydrogens is 568 g/mol. The Morgan fingerprint density at radius 1 is 1.23 bits per heavy atom. The predicted molar refractivity (Wildman–Crippen MR) is 140 cm³/mol. The number of hydrogen-bond acceptors (Lipinski definition) is 7. The van der Waals surface area contributed by atoms with Crippen LogP contribution in [0.5, 0.6) is 11.5 Å². The van der Waals surface area contributed by atoms with Crippen molar-refractivity contribution >= 4 is 48.1 Å². The van der Waals surface area contributed by atoms with Gasteiger partial charge in [-0.25, -0.2) is 22.3 Å². The van der Waals surface area contributed by atoms with Crippen LogP contribution in [0.25, 0.3) is 0 Å². The highest BCUT2D eigenvalue weighted by Gasteiger charge is 2.29. The van der Waals surface area contributed by atoms with Crippen molar-refractivity contribution in [1.29, 1.82) is 5.41 Å². The molecule has 182 valence electrons. The molecule has 0 saturated heterocycles. The van der Waals surface area contributed by atoms with Crippen LogP contribution in [0.15, 0.2) is 54.9 Å². The highest BCUT2D eigenvalue weighted by Crippen LogP contribution is 2.35. The van der Waals surface area contributed by atoms with Gasteiger partial charge in [-0.2, -0.15) is 0 Å². The molecule has 1 aliphatic rings. The second-order valence-corrected chi connectivity index (χ2v) is 10.1. The van der Waals surface area contributed by atoms with Gasteiger partial charge < -0.3 is 25.8 Å². The predicted octanol–water partition coefficient (Wildman–Crippen LogP) is 3.71. The van der Waals surface area contributed by atoms with Crippen LogP contribution in [0, 0.1) is 11.2 Å². The number of aromatic nitrogens is 2. The molecule has 2 amide bonds. The molecule has 3 aromatic rings. The van der Waals surface area contributed by atoms with Crippen LogP contribution >= 0.6 is 21.0 Å². The summed E-state index contributed by atoms with van der Waals surface area (Å²) in [5.41, 5.74) is 7.13. The van der Waals surface area contributed by atoms with Crippen LogP contribution in [0.4, 0.5) is 20.8 Å². The van der Waals surface area contributed by atoms with Gasteiger partial charge >= 0.3 is 6.03 Å². The number of carbonyl (C=O) groups is 1. The fourth-order valence-electron chi connectivity index (χ4n) is 3.41. The molecule has 0 spiro atoms. The fourth-order valence-corrected chi connectivity index (χ4v) is 5.79. The third-order valence-electron chi connectivity index (χ3n) is 5.13. The monoisotopic (exact) mass is 591 g/mol. The van der Waals surface area contributed by atoms with Crippen molar-refractivity contribution in [2.75, 3.05) is 22.6 Å². The number of nitrogens with zero attached hydrogens (tertiary/aromatic N) is 3. The van der Waals surface area contributed by atoms with Crippen molar-refractivity contribution < 1.29 is 18.7 Å². The Bertz CT molecular complexity index is 1270. The fraction of sp³-hybridized carbons (Fsp3) is 0.174.